The van der Waals surface area contributed by atoms with Gasteiger partial charge < -0.3 is 9.80 Å². The molecule has 2 atom stereocenters. The van der Waals surface area contributed by atoms with E-state index in [0.717, 1.165) is 37.4 Å². The van der Waals surface area contributed by atoms with Crippen LogP contribution in [0.15, 0.2) is 52.4 Å². The lowest BCUT2D eigenvalue weighted by molar-refractivity contribution is 0.272. The van der Waals surface area contributed by atoms with E-state index in [1.165, 1.54) is 11.1 Å². The standard InChI is InChI=1S/C22H28N4O/c1-15-9-11-16(12-10-15)18-13-26(14-20(18)24(2)3)22-23-19-8-6-5-7-17(19)21(27)25(22)4/h5-9,11,18,20H,10,12-14H2,1-4H3. The second-order valence-corrected chi connectivity index (χ2v) is 8.09. The Balaban J connectivity index is 1.72. The van der Waals surface area contributed by atoms with Crippen molar-refractivity contribution in [2.24, 2.45) is 13.0 Å². The van der Waals surface area contributed by atoms with Gasteiger partial charge in [0.25, 0.3) is 5.56 Å². The maximum atomic E-state index is 12.8. The van der Waals surface area contributed by atoms with Crippen LogP contribution < -0.4 is 10.5 Å². The van der Waals surface area contributed by atoms with Crippen molar-refractivity contribution in [2.75, 3.05) is 32.1 Å². The summed E-state index contributed by atoms with van der Waals surface area (Å²) in [5.41, 5.74) is 3.77. The van der Waals surface area contributed by atoms with Gasteiger partial charge in [0, 0.05) is 32.1 Å². The number of hydrogen-bond acceptors (Lipinski definition) is 4. The van der Waals surface area contributed by atoms with Gasteiger partial charge in [0.05, 0.1) is 10.9 Å². The first kappa shape index (κ1) is 18.0. The van der Waals surface area contributed by atoms with Crippen LogP contribution in [0, 0.1) is 5.92 Å². The van der Waals surface area contributed by atoms with Crippen molar-refractivity contribution in [1.29, 1.82) is 0 Å². The van der Waals surface area contributed by atoms with E-state index in [9.17, 15) is 4.79 Å². The minimum atomic E-state index is 0.0240. The molecule has 0 saturated carbocycles. The average Bonchev–Trinajstić information content (AvgIpc) is 3.11. The van der Waals surface area contributed by atoms with Crippen molar-refractivity contribution in [3.8, 4) is 0 Å². The molecule has 5 heteroatoms. The monoisotopic (exact) mass is 364 g/mol. The van der Waals surface area contributed by atoms with Crippen LogP contribution >= 0.6 is 0 Å². The number of rotatable bonds is 3. The summed E-state index contributed by atoms with van der Waals surface area (Å²) in [7, 11) is 6.14. The zero-order valence-corrected chi connectivity index (χ0v) is 16.6. The zero-order valence-electron chi connectivity index (χ0n) is 16.6. The Morgan fingerprint density at radius 3 is 2.59 bits per heavy atom. The largest absolute Gasteiger partial charge is 0.340 e. The molecule has 0 N–H and O–H groups in total. The minimum absolute atomic E-state index is 0.0240. The first-order valence-corrected chi connectivity index (χ1v) is 9.69. The third kappa shape index (κ3) is 3.21. The molecule has 1 aromatic heterocycles. The summed E-state index contributed by atoms with van der Waals surface area (Å²) < 4.78 is 1.71. The number of hydrogen-bond donors (Lipinski definition) is 0. The second kappa shape index (κ2) is 6.97. The molecule has 0 bridgehead atoms. The highest BCUT2D eigenvalue weighted by Gasteiger charge is 2.37. The summed E-state index contributed by atoms with van der Waals surface area (Å²) in [6.07, 6.45) is 6.86. The molecule has 2 unspecified atom stereocenters. The number of benzene rings is 1. The third-order valence-electron chi connectivity index (χ3n) is 6.06. The molecule has 2 aromatic rings. The molecule has 1 aliphatic carbocycles. The molecular formula is C22H28N4O. The van der Waals surface area contributed by atoms with Crippen molar-refractivity contribution in [1.82, 2.24) is 14.5 Å². The Morgan fingerprint density at radius 2 is 1.89 bits per heavy atom. The lowest BCUT2D eigenvalue weighted by Gasteiger charge is -2.28. The van der Waals surface area contributed by atoms with E-state index in [1.54, 1.807) is 4.57 Å². The quantitative estimate of drug-likeness (QED) is 0.840. The number of anilines is 1. The Kier molecular flexibility index (Phi) is 4.64. The molecule has 1 saturated heterocycles. The number of aromatic nitrogens is 2. The summed E-state index contributed by atoms with van der Waals surface area (Å²) in [6, 6.07) is 8.03. The van der Waals surface area contributed by atoms with Gasteiger partial charge in [-0.3, -0.25) is 9.36 Å². The number of fused-ring (bicyclic) bond motifs is 1. The highest BCUT2D eigenvalue weighted by molar-refractivity contribution is 5.78. The van der Waals surface area contributed by atoms with Crippen LogP contribution in [0.4, 0.5) is 5.95 Å². The fourth-order valence-electron chi connectivity index (χ4n) is 4.39. The smallest absolute Gasteiger partial charge is 0.262 e. The molecule has 0 radical (unpaired) electrons. The van der Waals surface area contributed by atoms with Gasteiger partial charge in [0.15, 0.2) is 0 Å². The summed E-state index contributed by atoms with van der Waals surface area (Å²) in [5, 5.41) is 0.680. The predicted octanol–water partition coefficient (Wildman–Crippen LogP) is 2.97. The zero-order chi connectivity index (χ0) is 19.1. The molecule has 2 aliphatic rings. The predicted molar refractivity (Wildman–Crippen MR) is 111 cm³/mol. The average molecular weight is 364 g/mol. The van der Waals surface area contributed by atoms with Gasteiger partial charge in [-0.25, -0.2) is 4.98 Å². The van der Waals surface area contributed by atoms with Gasteiger partial charge in [0.2, 0.25) is 5.95 Å². The molecule has 142 valence electrons. The van der Waals surface area contributed by atoms with Gasteiger partial charge in [-0.2, -0.15) is 0 Å². The summed E-state index contributed by atoms with van der Waals surface area (Å²) in [6.45, 7) is 3.99. The van der Waals surface area contributed by atoms with E-state index in [0.29, 0.717) is 17.3 Å². The van der Waals surface area contributed by atoms with E-state index in [1.807, 2.05) is 31.3 Å². The van der Waals surface area contributed by atoms with Gasteiger partial charge in [-0.05, 0) is 46.0 Å². The molecule has 1 fully saturated rings. The van der Waals surface area contributed by atoms with E-state index >= 15 is 0 Å². The van der Waals surface area contributed by atoms with Crippen LogP contribution in [0.3, 0.4) is 0 Å². The van der Waals surface area contributed by atoms with Crippen molar-refractivity contribution in [3.63, 3.8) is 0 Å². The first-order chi connectivity index (χ1) is 13.0. The Hall–Kier alpha value is -2.40. The number of nitrogens with zero attached hydrogens (tertiary/aromatic N) is 4. The molecule has 1 aliphatic heterocycles. The molecule has 0 amide bonds. The SMILES string of the molecule is CC1=CC=C(C2CN(c3nc4ccccc4c(=O)n3C)CC2N(C)C)CC1. The van der Waals surface area contributed by atoms with Gasteiger partial charge >= 0.3 is 0 Å². The van der Waals surface area contributed by atoms with Crippen LogP contribution in [0.25, 0.3) is 10.9 Å². The van der Waals surface area contributed by atoms with E-state index in [4.69, 9.17) is 4.98 Å². The summed E-state index contributed by atoms with van der Waals surface area (Å²) in [4.78, 5) is 22.3. The lowest BCUT2D eigenvalue weighted by Crippen LogP contribution is -2.36. The van der Waals surface area contributed by atoms with Crippen molar-refractivity contribution < 1.29 is 0 Å². The highest BCUT2D eigenvalue weighted by Crippen LogP contribution is 2.34. The molecule has 1 aromatic carbocycles. The topological polar surface area (TPSA) is 41.4 Å². The Morgan fingerprint density at radius 1 is 1.11 bits per heavy atom. The van der Waals surface area contributed by atoms with Gasteiger partial charge in [-0.15, -0.1) is 0 Å². The molecule has 0 spiro atoms. The van der Waals surface area contributed by atoms with Crippen LogP contribution in [-0.4, -0.2) is 47.7 Å². The van der Waals surface area contributed by atoms with Gasteiger partial charge in [0.1, 0.15) is 0 Å². The van der Waals surface area contributed by atoms with Crippen LogP contribution in [0.1, 0.15) is 19.8 Å². The Labute approximate surface area is 160 Å². The van der Waals surface area contributed by atoms with Crippen LogP contribution in [0.2, 0.25) is 0 Å². The number of para-hydroxylation sites is 1. The lowest BCUT2D eigenvalue weighted by atomic mass is 9.86. The fraction of sp³-hybridized carbons (Fsp3) is 0.455. The Bertz CT molecular complexity index is 985. The first-order valence-electron chi connectivity index (χ1n) is 9.69. The van der Waals surface area contributed by atoms with E-state index in [-0.39, 0.29) is 5.56 Å². The second-order valence-electron chi connectivity index (χ2n) is 8.09. The maximum absolute atomic E-state index is 12.8. The maximum Gasteiger partial charge on any atom is 0.262 e. The van der Waals surface area contributed by atoms with Crippen molar-refractivity contribution in [2.45, 2.75) is 25.8 Å². The number of allylic oxidation sites excluding steroid dienone is 3. The van der Waals surface area contributed by atoms with Crippen LogP contribution in [0.5, 0.6) is 0 Å². The number of likely N-dealkylation sites (N-methyl/N-ethyl adjacent to an activating group) is 1. The minimum Gasteiger partial charge on any atom is -0.340 e. The van der Waals surface area contributed by atoms with E-state index < -0.39 is 0 Å². The van der Waals surface area contributed by atoms with Gasteiger partial charge in [-0.1, -0.05) is 35.4 Å². The van der Waals surface area contributed by atoms with Crippen LogP contribution in [-0.2, 0) is 7.05 Å². The molecule has 5 nitrogen and oxygen atoms in total. The highest BCUT2D eigenvalue weighted by atomic mass is 16.1. The summed E-state index contributed by atoms with van der Waals surface area (Å²) >= 11 is 0. The van der Waals surface area contributed by atoms with E-state index in [2.05, 4.69) is 43.0 Å². The molecular weight excluding hydrogens is 336 g/mol. The fourth-order valence-corrected chi connectivity index (χ4v) is 4.39. The molecule has 2 heterocycles. The van der Waals surface area contributed by atoms with Crippen molar-refractivity contribution in [3.05, 3.63) is 57.9 Å². The van der Waals surface area contributed by atoms with Crippen molar-refractivity contribution >= 4 is 16.9 Å². The summed E-state index contributed by atoms with van der Waals surface area (Å²) in [5.74, 6) is 1.24. The molecule has 4 rings (SSSR count). The normalized spacial score (nSPS) is 23.1. The molecule has 27 heavy (non-hydrogen) atoms. The third-order valence-corrected chi connectivity index (χ3v) is 6.06.